The molecule has 0 atom stereocenters. The number of aliphatic hydroxyl groups is 1. The van der Waals surface area contributed by atoms with Crippen molar-refractivity contribution in [2.75, 3.05) is 20.8 Å². The largest absolute Gasteiger partial charge is 0.493 e. The number of ether oxygens (including phenoxy) is 2. The van der Waals surface area contributed by atoms with Gasteiger partial charge in [0.05, 0.1) is 33.6 Å². The first kappa shape index (κ1) is 12.4. The molecule has 0 aliphatic heterocycles. The quantitative estimate of drug-likeness (QED) is 0.872. The van der Waals surface area contributed by atoms with Crippen LogP contribution in [-0.2, 0) is 6.54 Å². The van der Waals surface area contributed by atoms with Crippen molar-refractivity contribution in [3.63, 3.8) is 0 Å². The van der Waals surface area contributed by atoms with Crippen LogP contribution in [0.4, 0.5) is 0 Å². The van der Waals surface area contributed by atoms with Gasteiger partial charge in [0.2, 0.25) is 0 Å². The average molecular weight is 248 g/mol. The van der Waals surface area contributed by atoms with Gasteiger partial charge in [-0.25, -0.2) is 0 Å². The van der Waals surface area contributed by atoms with E-state index < -0.39 is 0 Å². The zero-order valence-corrected chi connectivity index (χ0v) is 10.5. The van der Waals surface area contributed by atoms with Crippen molar-refractivity contribution in [2.24, 2.45) is 0 Å². The fraction of sp³-hybridized carbons (Fsp3) is 0.308. The van der Waals surface area contributed by atoms with Crippen molar-refractivity contribution >= 4 is 0 Å². The molecular weight excluding hydrogens is 232 g/mol. The molecule has 1 aromatic heterocycles. The molecule has 0 saturated heterocycles. The molecule has 1 heterocycles. The molecule has 0 spiro atoms. The highest BCUT2D eigenvalue weighted by atomic mass is 16.5. The molecule has 5 nitrogen and oxygen atoms in total. The highest BCUT2D eigenvalue weighted by Gasteiger charge is 2.07. The van der Waals surface area contributed by atoms with E-state index in [1.165, 1.54) is 0 Å². The average Bonchev–Trinajstić information content (AvgIpc) is 2.87. The van der Waals surface area contributed by atoms with Gasteiger partial charge < -0.3 is 14.6 Å². The Kier molecular flexibility index (Phi) is 3.84. The SMILES string of the molecule is COc1ccc(-c2cnn(CCO)c2)cc1OC. The van der Waals surface area contributed by atoms with Gasteiger partial charge >= 0.3 is 0 Å². The summed E-state index contributed by atoms with van der Waals surface area (Å²) < 4.78 is 12.2. The van der Waals surface area contributed by atoms with E-state index in [-0.39, 0.29) is 6.61 Å². The molecule has 0 aliphatic carbocycles. The van der Waals surface area contributed by atoms with Gasteiger partial charge in [0.1, 0.15) is 0 Å². The van der Waals surface area contributed by atoms with Crippen molar-refractivity contribution < 1.29 is 14.6 Å². The van der Waals surface area contributed by atoms with Crippen LogP contribution in [0.25, 0.3) is 11.1 Å². The molecule has 0 bridgehead atoms. The Bertz CT molecular complexity index is 523. The number of nitrogens with zero attached hydrogens (tertiary/aromatic N) is 2. The van der Waals surface area contributed by atoms with Crippen LogP contribution in [0.3, 0.4) is 0 Å². The van der Waals surface area contributed by atoms with Crippen molar-refractivity contribution in [1.82, 2.24) is 9.78 Å². The van der Waals surface area contributed by atoms with Crippen LogP contribution >= 0.6 is 0 Å². The second-order valence-electron chi connectivity index (χ2n) is 3.79. The molecule has 0 radical (unpaired) electrons. The second-order valence-corrected chi connectivity index (χ2v) is 3.79. The van der Waals surface area contributed by atoms with E-state index in [1.807, 2.05) is 24.4 Å². The van der Waals surface area contributed by atoms with Gasteiger partial charge in [-0.05, 0) is 17.7 Å². The topological polar surface area (TPSA) is 56.5 Å². The summed E-state index contributed by atoms with van der Waals surface area (Å²) in [6.45, 7) is 0.570. The third-order valence-electron chi connectivity index (χ3n) is 2.68. The van der Waals surface area contributed by atoms with E-state index >= 15 is 0 Å². The summed E-state index contributed by atoms with van der Waals surface area (Å²) in [5.41, 5.74) is 1.97. The number of methoxy groups -OCH3 is 2. The molecule has 0 saturated carbocycles. The lowest BCUT2D eigenvalue weighted by atomic mass is 10.1. The van der Waals surface area contributed by atoms with Gasteiger partial charge in [0.25, 0.3) is 0 Å². The minimum Gasteiger partial charge on any atom is -0.493 e. The van der Waals surface area contributed by atoms with Gasteiger partial charge in [-0.3, -0.25) is 4.68 Å². The number of benzene rings is 1. The normalized spacial score (nSPS) is 10.4. The first-order valence-corrected chi connectivity index (χ1v) is 5.64. The smallest absolute Gasteiger partial charge is 0.161 e. The molecule has 0 aliphatic rings. The lowest BCUT2D eigenvalue weighted by molar-refractivity contribution is 0.269. The Morgan fingerprint density at radius 2 is 1.94 bits per heavy atom. The highest BCUT2D eigenvalue weighted by Crippen LogP contribution is 2.31. The summed E-state index contributed by atoms with van der Waals surface area (Å²) in [6, 6.07) is 5.71. The molecule has 0 fully saturated rings. The van der Waals surface area contributed by atoms with Gasteiger partial charge in [-0.1, -0.05) is 6.07 Å². The van der Waals surface area contributed by atoms with Crippen LogP contribution < -0.4 is 9.47 Å². The molecule has 2 aromatic rings. The van der Waals surface area contributed by atoms with Crippen LogP contribution in [0.1, 0.15) is 0 Å². The summed E-state index contributed by atoms with van der Waals surface area (Å²) >= 11 is 0. The standard InChI is InChI=1S/C13H16N2O3/c1-17-12-4-3-10(7-13(12)18-2)11-8-14-15(9-11)5-6-16/h3-4,7-9,16H,5-6H2,1-2H3. The monoisotopic (exact) mass is 248 g/mol. The van der Waals surface area contributed by atoms with Crippen LogP contribution in [0.15, 0.2) is 30.6 Å². The third-order valence-corrected chi connectivity index (χ3v) is 2.68. The summed E-state index contributed by atoms with van der Waals surface area (Å²) in [7, 11) is 3.22. The maximum absolute atomic E-state index is 8.85. The van der Waals surface area contributed by atoms with Crippen LogP contribution in [0.5, 0.6) is 11.5 Å². The van der Waals surface area contributed by atoms with Crippen LogP contribution in [0.2, 0.25) is 0 Å². The van der Waals surface area contributed by atoms with Crippen LogP contribution in [0, 0.1) is 0 Å². The molecule has 1 aromatic carbocycles. The van der Waals surface area contributed by atoms with Gasteiger partial charge in [0.15, 0.2) is 11.5 Å². The fourth-order valence-electron chi connectivity index (χ4n) is 1.75. The molecule has 5 heteroatoms. The van der Waals surface area contributed by atoms with Crippen molar-refractivity contribution in [2.45, 2.75) is 6.54 Å². The Hall–Kier alpha value is -2.01. The number of aliphatic hydroxyl groups excluding tert-OH is 1. The number of hydrogen-bond acceptors (Lipinski definition) is 4. The van der Waals surface area contributed by atoms with E-state index in [4.69, 9.17) is 14.6 Å². The minimum atomic E-state index is 0.0764. The lowest BCUT2D eigenvalue weighted by Gasteiger charge is -2.08. The molecule has 0 unspecified atom stereocenters. The molecule has 2 rings (SSSR count). The van der Waals surface area contributed by atoms with Crippen molar-refractivity contribution in [3.05, 3.63) is 30.6 Å². The molecule has 1 N–H and O–H groups in total. The molecule has 0 amide bonds. The Labute approximate surface area is 106 Å². The Morgan fingerprint density at radius 1 is 1.17 bits per heavy atom. The van der Waals surface area contributed by atoms with E-state index in [0.29, 0.717) is 18.0 Å². The zero-order valence-electron chi connectivity index (χ0n) is 10.5. The highest BCUT2D eigenvalue weighted by molar-refractivity contribution is 5.65. The lowest BCUT2D eigenvalue weighted by Crippen LogP contribution is -2.01. The van der Waals surface area contributed by atoms with E-state index in [0.717, 1.165) is 11.1 Å². The molecule has 96 valence electrons. The van der Waals surface area contributed by atoms with Crippen LogP contribution in [-0.4, -0.2) is 35.7 Å². The first-order valence-electron chi connectivity index (χ1n) is 5.64. The molecule has 18 heavy (non-hydrogen) atoms. The number of aromatic nitrogens is 2. The fourth-order valence-corrected chi connectivity index (χ4v) is 1.75. The number of rotatable bonds is 5. The second kappa shape index (κ2) is 5.55. The van der Waals surface area contributed by atoms with E-state index in [1.54, 1.807) is 25.1 Å². The predicted octanol–water partition coefficient (Wildman–Crippen LogP) is 1.56. The van der Waals surface area contributed by atoms with Gasteiger partial charge in [-0.15, -0.1) is 0 Å². The van der Waals surface area contributed by atoms with E-state index in [9.17, 15) is 0 Å². The predicted molar refractivity (Wildman–Crippen MR) is 67.9 cm³/mol. The Balaban J connectivity index is 2.31. The van der Waals surface area contributed by atoms with Crippen molar-refractivity contribution in [1.29, 1.82) is 0 Å². The minimum absolute atomic E-state index is 0.0764. The maximum Gasteiger partial charge on any atom is 0.161 e. The summed E-state index contributed by atoms with van der Waals surface area (Å²) in [5.74, 6) is 1.38. The zero-order chi connectivity index (χ0) is 13.0. The van der Waals surface area contributed by atoms with E-state index in [2.05, 4.69) is 5.10 Å². The summed E-state index contributed by atoms with van der Waals surface area (Å²) in [6.07, 6.45) is 3.65. The summed E-state index contributed by atoms with van der Waals surface area (Å²) in [4.78, 5) is 0. The van der Waals surface area contributed by atoms with Gasteiger partial charge in [-0.2, -0.15) is 5.10 Å². The van der Waals surface area contributed by atoms with Gasteiger partial charge in [0, 0.05) is 11.8 Å². The number of hydrogen-bond donors (Lipinski definition) is 1. The molecular formula is C13H16N2O3. The first-order chi connectivity index (χ1) is 8.78. The summed E-state index contributed by atoms with van der Waals surface area (Å²) in [5, 5.41) is 13.0. The third kappa shape index (κ3) is 2.46. The maximum atomic E-state index is 8.85. The Morgan fingerprint density at radius 3 is 2.61 bits per heavy atom. The van der Waals surface area contributed by atoms with Crippen molar-refractivity contribution in [3.8, 4) is 22.6 Å².